The molecule has 1 saturated heterocycles. The van der Waals surface area contributed by atoms with Gasteiger partial charge in [0.2, 0.25) is 0 Å². The van der Waals surface area contributed by atoms with Crippen molar-refractivity contribution in [2.45, 2.75) is 6.18 Å². The molecule has 2 rings (SSSR count). The Bertz CT molecular complexity index is 685. The van der Waals surface area contributed by atoms with E-state index in [0.29, 0.717) is 18.7 Å². The Morgan fingerprint density at radius 2 is 1.72 bits per heavy atom. The number of carboxylic acid groups (broad SMARTS) is 1. The van der Waals surface area contributed by atoms with Crippen molar-refractivity contribution in [1.82, 2.24) is 10.2 Å². The van der Waals surface area contributed by atoms with Crippen molar-refractivity contribution in [2.24, 2.45) is 0 Å². The fourth-order valence-corrected chi connectivity index (χ4v) is 2.37. The second-order valence-corrected chi connectivity index (χ2v) is 5.28. The summed E-state index contributed by atoms with van der Waals surface area (Å²) in [5.74, 6) is 3.66. The lowest BCUT2D eigenvalue weighted by Gasteiger charge is -2.36. The maximum Gasteiger partial charge on any atom is 0.471 e. The molecule has 0 spiro atoms. The monoisotopic (exact) mass is 355 g/mol. The summed E-state index contributed by atoms with van der Waals surface area (Å²) in [6, 6.07) is 7.07. The third-order valence-electron chi connectivity index (χ3n) is 3.60. The zero-order chi connectivity index (χ0) is 18.4. The minimum Gasteiger partial charge on any atom is -0.465 e. The third kappa shape index (κ3) is 5.31. The van der Waals surface area contributed by atoms with Crippen LogP contribution in [-0.4, -0.2) is 60.9 Å². The van der Waals surface area contributed by atoms with E-state index < -0.39 is 18.2 Å². The Labute approximate surface area is 142 Å². The number of benzene rings is 1. The first-order chi connectivity index (χ1) is 11.8. The molecule has 1 heterocycles. The van der Waals surface area contributed by atoms with Crippen molar-refractivity contribution in [3.8, 4) is 11.8 Å². The van der Waals surface area contributed by atoms with E-state index in [-0.39, 0.29) is 19.6 Å². The number of carbonyl (C=O) groups is 2. The lowest BCUT2D eigenvalue weighted by Crippen LogP contribution is -2.52. The van der Waals surface area contributed by atoms with E-state index in [0.717, 1.165) is 10.6 Å². The summed E-state index contributed by atoms with van der Waals surface area (Å²) in [5, 5.41) is 10.5. The molecule has 0 radical (unpaired) electrons. The van der Waals surface area contributed by atoms with Crippen LogP contribution in [0.3, 0.4) is 0 Å². The predicted octanol–water partition coefficient (Wildman–Crippen LogP) is 1.52. The van der Waals surface area contributed by atoms with Crippen LogP contribution in [0.5, 0.6) is 0 Å². The molecule has 2 N–H and O–H groups in total. The molecule has 1 fully saturated rings. The van der Waals surface area contributed by atoms with Gasteiger partial charge >= 0.3 is 18.2 Å². The summed E-state index contributed by atoms with van der Waals surface area (Å²) in [7, 11) is 0. The number of rotatable bonds is 2. The van der Waals surface area contributed by atoms with Crippen LogP contribution in [0.2, 0.25) is 0 Å². The van der Waals surface area contributed by atoms with Crippen molar-refractivity contribution < 1.29 is 27.9 Å². The highest BCUT2D eigenvalue weighted by Crippen LogP contribution is 2.22. The summed E-state index contributed by atoms with van der Waals surface area (Å²) in [6.07, 6.45) is -5.98. The van der Waals surface area contributed by atoms with Gasteiger partial charge in [0.15, 0.2) is 0 Å². The first-order valence-electron chi connectivity index (χ1n) is 7.44. The highest BCUT2D eigenvalue weighted by Gasteiger charge is 2.43. The van der Waals surface area contributed by atoms with Crippen LogP contribution in [0.1, 0.15) is 5.56 Å². The minimum atomic E-state index is -4.84. The lowest BCUT2D eigenvalue weighted by atomic mass is 10.2. The van der Waals surface area contributed by atoms with Crippen molar-refractivity contribution in [3.63, 3.8) is 0 Å². The molecule has 1 aliphatic heterocycles. The van der Waals surface area contributed by atoms with Gasteiger partial charge in [0.05, 0.1) is 6.54 Å². The Balaban J connectivity index is 1.89. The Morgan fingerprint density at radius 3 is 2.24 bits per heavy atom. The van der Waals surface area contributed by atoms with Gasteiger partial charge < -0.3 is 20.2 Å². The predicted molar refractivity (Wildman–Crippen MR) is 84.2 cm³/mol. The zero-order valence-corrected chi connectivity index (χ0v) is 13.1. The molecule has 0 saturated carbocycles. The molecule has 9 heteroatoms. The molecular weight excluding hydrogens is 339 g/mol. The molecule has 0 atom stereocenters. The van der Waals surface area contributed by atoms with Crippen LogP contribution in [0.4, 0.5) is 23.7 Å². The van der Waals surface area contributed by atoms with Crippen molar-refractivity contribution in [3.05, 3.63) is 29.8 Å². The second kappa shape index (κ2) is 7.79. The fraction of sp³-hybridized carbons (Fsp3) is 0.375. The van der Waals surface area contributed by atoms with Gasteiger partial charge in [0.25, 0.3) is 0 Å². The van der Waals surface area contributed by atoms with Gasteiger partial charge in [-0.2, -0.15) is 13.2 Å². The van der Waals surface area contributed by atoms with Gasteiger partial charge in [0.1, 0.15) is 0 Å². The highest BCUT2D eigenvalue weighted by atomic mass is 19.4. The zero-order valence-electron chi connectivity index (χ0n) is 13.1. The van der Waals surface area contributed by atoms with E-state index in [1.54, 1.807) is 24.3 Å². The van der Waals surface area contributed by atoms with E-state index >= 15 is 0 Å². The van der Waals surface area contributed by atoms with Gasteiger partial charge in [-0.15, -0.1) is 0 Å². The van der Waals surface area contributed by atoms with E-state index in [1.807, 2.05) is 4.90 Å². The molecule has 25 heavy (non-hydrogen) atoms. The number of hydrogen-bond acceptors (Lipinski definition) is 3. The van der Waals surface area contributed by atoms with E-state index in [1.165, 1.54) is 0 Å². The molecule has 1 aromatic carbocycles. The van der Waals surface area contributed by atoms with Crippen LogP contribution >= 0.6 is 0 Å². The highest BCUT2D eigenvalue weighted by molar-refractivity contribution is 5.82. The summed E-state index contributed by atoms with van der Waals surface area (Å²) < 4.78 is 37.2. The summed E-state index contributed by atoms with van der Waals surface area (Å²) in [4.78, 5) is 24.2. The molecular formula is C16H16F3N3O3. The maximum atomic E-state index is 12.4. The second-order valence-electron chi connectivity index (χ2n) is 5.28. The van der Waals surface area contributed by atoms with Crippen LogP contribution in [0, 0.1) is 11.8 Å². The number of amides is 2. The molecule has 0 aromatic heterocycles. The molecule has 2 amide bonds. The number of carbonyl (C=O) groups excluding carboxylic acids is 1. The Morgan fingerprint density at radius 1 is 1.12 bits per heavy atom. The summed E-state index contributed by atoms with van der Waals surface area (Å²) in [5.41, 5.74) is 1.52. The average molecular weight is 355 g/mol. The van der Waals surface area contributed by atoms with E-state index in [9.17, 15) is 22.8 Å². The van der Waals surface area contributed by atoms with Crippen molar-refractivity contribution >= 4 is 17.7 Å². The van der Waals surface area contributed by atoms with Gasteiger partial charge in [-0.25, -0.2) is 4.79 Å². The third-order valence-corrected chi connectivity index (χ3v) is 3.60. The first-order valence-corrected chi connectivity index (χ1v) is 7.44. The molecule has 1 aliphatic rings. The van der Waals surface area contributed by atoms with Crippen LogP contribution in [-0.2, 0) is 4.79 Å². The topological polar surface area (TPSA) is 72.9 Å². The van der Waals surface area contributed by atoms with Gasteiger partial charge in [-0.1, -0.05) is 11.8 Å². The van der Waals surface area contributed by atoms with Crippen molar-refractivity contribution in [2.75, 3.05) is 37.6 Å². The van der Waals surface area contributed by atoms with Gasteiger partial charge in [-0.05, 0) is 24.3 Å². The molecule has 134 valence electrons. The van der Waals surface area contributed by atoms with Crippen LogP contribution < -0.4 is 10.2 Å². The number of nitrogens with one attached hydrogen (secondary N) is 1. The number of piperazine rings is 1. The first kappa shape index (κ1) is 18.4. The molecule has 1 aromatic rings. The van der Waals surface area contributed by atoms with E-state index in [2.05, 4.69) is 17.2 Å². The Kier molecular flexibility index (Phi) is 5.75. The number of nitrogens with zero attached hydrogens (tertiary/aromatic N) is 2. The fourth-order valence-electron chi connectivity index (χ4n) is 2.37. The van der Waals surface area contributed by atoms with Crippen molar-refractivity contribution in [1.29, 1.82) is 0 Å². The maximum absolute atomic E-state index is 12.4. The largest absolute Gasteiger partial charge is 0.471 e. The molecule has 6 nitrogen and oxygen atoms in total. The van der Waals surface area contributed by atoms with Crippen LogP contribution in [0.15, 0.2) is 24.3 Å². The quantitative estimate of drug-likeness (QED) is 0.789. The van der Waals surface area contributed by atoms with Gasteiger partial charge in [-0.3, -0.25) is 4.79 Å². The minimum absolute atomic E-state index is 0.0146. The van der Waals surface area contributed by atoms with Crippen LogP contribution in [0.25, 0.3) is 0 Å². The van der Waals surface area contributed by atoms with E-state index in [4.69, 9.17) is 5.11 Å². The normalized spacial score (nSPS) is 14.5. The summed E-state index contributed by atoms with van der Waals surface area (Å²) >= 11 is 0. The summed E-state index contributed by atoms with van der Waals surface area (Å²) in [6.45, 7) is 0.679. The Hall–Kier alpha value is -2.89. The SMILES string of the molecule is O=C(O)NCC#Cc1ccc(N2CCN(C(=O)C(F)(F)F)CC2)cc1. The number of hydrogen-bond donors (Lipinski definition) is 2. The molecule has 0 unspecified atom stereocenters. The standard InChI is InChI=1S/C16H16F3N3O3/c17-16(18,19)14(23)22-10-8-21(9-11-22)13-5-3-12(4-6-13)2-1-7-20-15(24)25/h3-6,20H,7-11H2,(H,24,25). The molecule has 0 bridgehead atoms. The number of alkyl halides is 3. The van der Waals surface area contributed by atoms with Gasteiger partial charge in [0, 0.05) is 37.4 Å². The average Bonchev–Trinajstić information content (AvgIpc) is 2.58. The number of halogens is 3. The smallest absolute Gasteiger partial charge is 0.465 e. The number of anilines is 1. The molecule has 0 aliphatic carbocycles. The lowest BCUT2D eigenvalue weighted by molar-refractivity contribution is -0.185.